The van der Waals surface area contributed by atoms with Crippen LogP contribution in [0, 0.1) is 6.92 Å². The van der Waals surface area contributed by atoms with Gasteiger partial charge in [-0.15, -0.1) is 0 Å². The molecule has 166 valence electrons. The lowest BCUT2D eigenvalue weighted by molar-refractivity contribution is 0.183. The minimum absolute atomic E-state index is 0.0592. The van der Waals surface area contributed by atoms with Crippen LogP contribution in [0.15, 0.2) is 59.6 Å². The number of aryl methyl sites for hydroxylation is 1. The molecular weight excluding hydrogens is 410 g/mol. The Balaban J connectivity index is 1.34. The molecule has 0 N–H and O–H groups in total. The van der Waals surface area contributed by atoms with Gasteiger partial charge in [0.2, 0.25) is 10.0 Å². The summed E-state index contributed by atoms with van der Waals surface area (Å²) in [6, 6.07) is 15.2. The van der Waals surface area contributed by atoms with E-state index < -0.39 is 10.0 Å². The average molecular weight is 442 g/mol. The molecule has 0 spiro atoms. The molecule has 1 aliphatic heterocycles. The molecule has 2 aromatic carbocycles. The number of benzene rings is 2. The van der Waals surface area contributed by atoms with E-state index in [2.05, 4.69) is 46.9 Å². The molecular formula is C24H31N3O3S. The third kappa shape index (κ3) is 4.79. The molecule has 7 heteroatoms. The summed E-state index contributed by atoms with van der Waals surface area (Å²) in [4.78, 5) is 2.67. The number of sulfonamides is 1. The molecule has 0 radical (unpaired) electrons. The lowest BCUT2D eigenvalue weighted by atomic mass is 10.2. The van der Waals surface area contributed by atoms with E-state index in [1.165, 1.54) is 16.5 Å². The van der Waals surface area contributed by atoms with E-state index in [4.69, 9.17) is 4.74 Å². The zero-order valence-corrected chi connectivity index (χ0v) is 19.3. The van der Waals surface area contributed by atoms with E-state index in [1.54, 1.807) is 28.6 Å². The molecule has 0 amide bonds. The molecule has 2 heterocycles. The van der Waals surface area contributed by atoms with Crippen LogP contribution in [0.1, 0.15) is 19.4 Å². The van der Waals surface area contributed by atoms with Crippen LogP contribution >= 0.6 is 0 Å². The molecule has 1 saturated heterocycles. The molecule has 0 atom stereocenters. The van der Waals surface area contributed by atoms with Crippen LogP contribution in [0.5, 0.6) is 5.75 Å². The van der Waals surface area contributed by atoms with Crippen molar-refractivity contribution in [3.8, 4) is 5.75 Å². The number of piperazine rings is 1. The first-order chi connectivity index (χ1) is 14.8. The van der Waals surface area contributed by atoms with Gasteiger partial charge in [-0.2, -0.15) is 4.31 Å². The Hall–Kier alpha value is -2.35. The Morgan fingerprint density at radius 1 is 0.935 bits per heavy atom. The maximum absolute atomic E-state index is 13.0. The highest BCUT2D eigenvalue weighted by Gasteiger charge is 2.28. The summed E-state index contributed by atoms with van der Waals surface area (Å²) in [5.74, 6) is 0.687. The third-order valence-electron chi connectivity index (χ3n) is 5.81. The maximum Gasteiger partial charge on any atom is 0.243 e. The number of fused-ring (bicyclic) bond motifs is 1. The predicted molar refractivity (Wildman–Crippen MR) is 124 cm³/mol. The molecule has 0 aliphatic carbocycles. The van der Waals surface area contributed by atoms with Gasteiger partial charge in [-0.05, 0) is 56.7 Å². The summed E-state index contributed by atoms with van der Waals surface area (Å²) in [6.07, 6.45) is 2.27. The lowest BCUT2D eigenvalue weighted by Crippen LogP contribution is -2.49. The first-order valence-electron chi connectivity index (χ1n) is 10.9. The number of hydrogen-bond acceptors (Lipinski definition) is 4. The summed E-state index contributed by atoms with van der Waals surface area (Å²) in [5.41, 5.74) is 2.54. The van der Waals surface area contributed by atoms with Crippen molar-refractivity contribution in [1.82, 2.24) is 13.8 Å². The van der Waals surface area contributed by atoms with Gasteiger partial charge >= 0.3 is 0 Å². The van der Waals surface area contributed by atoms with E-state index in [1.807, 2.05) is 13.8 Å². The van der Waals surface area contributed by atoms with Crippen LogP contribution < -0.4 is 4.74 Å². The molecule has 6 nitrogen and oxygen atoms in total. The summed E-state index contributed by atoms with van der Waals surface area (Å²) < 4.78 is 35.5. The fourth-order valence-electron chi connectivity index (χ4n) is 4.17. The monoisotopic (exact) mass is 441 g/mol. The van der Waals surface area contributed by atoms with Gasteiger partial charge in [0.15, 0.2) is 0 Å². The predicted octanol–water partition coefficient (Wildman–Crippen LogP) is 3.74. The van der Waals surface area contributed by atoms with Gasteiger partial charge in [-0.1, -0.05) is 18.2 Å². The summed E-state index contributed by atoms with van der Waals surface area (Å²) in [6.45, 7) is 10.4. The molecule has 0 unspecified atom stereocenters. The Kier molecular flexibility index (Phi) is 6.36. The van der Waals surface area contributed by atoms with E-state index >= 15 is 0 Å². The highest BCUT2D eigenvalue weighted by molar-refractivity contribution is 7.89. The molecule has 0 saturated carbocycles. The summed E-state index contributed by atoms with van der Waals surface area (Å²) in [7, 11) is -3.48. The van der Waals surface area contributed by atoms with Crippen LogP contribution in [0.2, 0.25) is 0 Å². The second-order valence-electron chi connectivity index (χ2n) is 8.41. The highest BCUT2D eigenvalue weighted by atomic mass is 32.2. The first kappa shape index (κ1) is 21.9. The second kappa shape index (κ2) is 9.02. The van der Waals surface area contributed by atoms with E-state index in [0.717, 1.165) is 26.2 Å². The van der Waals surface area contributed by atoms with Gasteiger partial charge in [0.1, 0.15) is 5.75 Å². The number of nitrogens with zero attached hydrogens (tertiary/aromatic N) is 3. The second-order valence-corrected chi connectivity index (χ2v) is 10.3. The van der Waals surface area contributed by atoms with Crippen molar-refractivity contribution in [1.29, 1.82) is 0 Å². The van der Waals surface area contributed by atoms with Crippen molar-refractivity contribution < 1.29 is 13.2 Å². The van der Waals surface area contributed by atoms with E-state index in [-0.39, 0.29) is 6.10 Å². The van der Waals surface area contributed by atoms with E-state index in [0.29, 0.717) is 23.7 Å². The van der Waals surface area contributed by atoms with E-state index in [9.17, 15) is 8.42 Å². The number of hydrogen-bond donors (Lipinski definition) is 0. The molecule has 3 aromatic rings. The maximum atomic E-state index is 13.0. The Bertz CT molecular complexity index is 1130. The van der Waals surface area contributed by atoms with Crippen molar-refractivity contribution in [3.05, 3.63) is 60.3 Å². The molecule has 4 rings (SSSR count). The number of rotatable bonds is 7. The van der Waals surface area contributed by atoms with Gasteiger partial charge < -0.3 is 9.30 Å². The largest absolute Gasteiger partial charge is 0.491 e. The topological polar surface area (TPSA) is 54.8 Å². The molecule has 31 heavy (non-hydrogen) atoms. The fourth-order valence-corrected chi connectivity index (χ4v) is 5.59. The lowest BCUT2D eigenvalue weighted by Gasteiger charge is -2.34. The quantitative estimate of drug-likeness (QED) is 0.560. The Labute approximate surface area is 185 Å². The standard InChI is InChI=1S/C24H31N3O3S/c1-19(2)30-21-8-10-22(11-9-21)31(28,29)27-16-13-25(14-17-27)12-15-26-18-20(3)23-6-4-5-7-24(23)26/h4-11,18-19H,12-17H2,1-3H3. The minimum Gasteiger partial charge on any atom is -0.491 e. The third-order valence-corrected chi connectivity index (χ3v) is 7.72. The summed E-state index contributed by atoms with van der Waals surface area (Å²) in [5, 5.41) is 1.29. The van der Waals surface area contributed by atoms with Gasteiger partial charge in [-0.25, -0.2) is 8.42 Å². The summed E-state index contributed by atoms with van der Waals surface area (Å²) >= 11 is 0. The molecule has 0 bridgehead atoms. The van der Waals surface area contributed by atoms with Gasteiger partial charge in [0.25, 0.3) is 0 Å². The van der Waals surface area contributed by atoms with Crippen molar-refractivity contribution in [3.63, 3.8) is 0 Å². The average Bonchev–Trinajstić information content (AvgIpc) is 3.08. The number of ether oxygens (including phenoxy) is 1. The molecule has 1 aliphatic rings. The van der Waals surface area contributed by atoms with Crippen LogP contribution in [0.3, 0.4) is 0 Å². The van der Waals surface area contributed by atoms with Crippen LogP contribution in [-0.4, -0.2) is 61.0 Å². The van der Waals surface area contributed by atoms with Crippen molar-refractivity contribution in [2.24, 2.45) is 0 Å². The highest BCUT2D eigenvalue weighted by Crippen LogP contribution is 2.22. The minimum atomic E-state index is -3.48. The van der Waals surface area contributed by atoms with Crippen LogP contribution in [0.4, 0.5) is 0 Å². The smallest absolute Gasteiger partial charge is 0.243 e. The van der Waals surface area contributed by atoms with Gasteiger partial charge in [0, 0.05) is 56.4 Å². The van der Waals surface area contributed by atoms with Crippen molar-refractivity contribution in [2.75, 3.05) is 32.7 Å². The zero-order chi connectivity index (χ0) is 22.0. The fraction of sp³-hybridized carbons (Fsp3) is 0.417. The van der Waals surface area contributed by atoms with Crippen LogP contribution in [0.25, 0.3) is 10.9 Å². The Morgan fingerprint density at radius 3 is 2.29 bits per heavy atom. The van der Waals surface area contributed by atoms with Gasteiger partial charge in [0.05, 0.1) is 11.0 Å². The molecule has 1 fully saturated rings. The van der Waals surface area contributed by atoms with Crippen molar-refractivity contribution >= 4 is 20.9 Å². The van der Waals surface area contributed by atoms with Crippen LogP contribution in [-0.2, 0) is 16.6 Å². The normalized spacial score (nSPS) is 16.3. The Morgan fingerprint density at radius 2 is 1.61 bits per heavy atom. The number of aromatic nitrogens is 1. The number of para-hydroxylation sites is 1. The zero-order valence-electron chi connectivity index (χ0n) is 18.5. The first-order valence-corrected chi connectivity index (χ1v) is 12.3. The van der Waals surface area contributed by atoms with Crippen molar-refractivity contribution in [2.45, 2.75) is 38.3 Å². The van der Waals surface area contributed by atoms with Gasteiger partial charge in [-0.3, -0.25) is 4.90 Å². The molecule has 1 aromatic heterocycles. The SMILES string of the molecule is Cc1cn(CCN2CCN(S(=O)(=O)c3ccc(OC(C)C)cc3)CC2)c2ccccc12.